The standard InChI is InChI=1S/C30H27FN4O2S/c1-17-28(22-12-5-8-14-24(22)32-17)30-34(29(37)18(2)38-30)26-15-9-6-11-21(26)25-16-27(35(33-25)19(3)36)20-10-4-7-13-23(20)31/h4-15,18,27,30,32H,16H2,1-3H3. The average molecular weight is 527 g/mol. The van der Waals surface area contributed by atoms with Crippen LogP contribution in [0.3, 0.4) is 0 Å². The topological polar surface area (TPSA) is 68.8 Å². The molecule has 3 atom stereocenters. The number of benzene rings is 3. The molecule has 3 aromatic carbocycles. The summed E-state index contributed by atoms with van der Waals surface area (Å²) < 4.78 is 14.8. The summed E-state index contributed by atoms with van der Waals surface area (Å²) in [6.07, 6.45) is 0.346. The van der Waals surface area contributed by atoms with E-state index in [4.69, 9.17) is 0 Å². The Morgan fingerprint density at radius 3 is 2.55 bits per heavy atom. The van der Waals surface area contributed by atoms with Gasteiger partial charge in [0.2, 0.25) is 11.8 Å². The van der Waals surface area contributed by atoms with E-state index in [-0.39, 0.29) is 28.3 Å². The van der Waals surface area contributed by atoms with Gasteiger partial charge in [0.15, 0.2) is 0 Å². The maximum absolute atomic E-state index is 14.8. The Labute approximate surface area is 224 Å². The van der Waals surface area contributed by atoms with E-state index < -0.39 is 6.04 Å². The molecule has 1 N–H and O–H groups in total. The molecule has 0 saturated carbocycles. The number of aromatic amines is 1. The fourth-order valence-corrected chi connectivity index (χ4v) is 6.96. The first kappa shape index (κ1) is 24.4. The van der Waals surface area contributed by atoms with Crippen LogP contribution in [-0.2, 0) is 9.59 Å². The van der Waals surface area contributed by atoms with Crippen LogP contribution in [0.15, 0.2) is 77.9 Å². The van der Waals surface area contributed by atoms with E-state index in [0.29, 0.717) is 17.7 Å². The number of para-hydroxylation sites is 2. The second-order valence-electron chi connectivity index (χ2n) is 9.72. The lowest BCUT2D eigenvalue weighted by Crippen LogP contribution is -2.31. The number of rotatable bonds is 4. The quantitative estimate of drug-likeness (QED) is 0.331. The molecule has 2 aliphatic rings. The van der Waals surface area contributed by atoms with Crippen LogP contribution < -0.4 is 4.90 Å². The van der Waals surface area contributed by atoms with Gasteiger partial charge in [0.1, 0.15) is 11.2 Å². The molecule has 3 heterocycles. The molecule has 1 fully saturated rings. The van der Waals surface area contributed by atoms with E-state index in [9.17, 15) is 14.0 Å². The predicted octanol–water partition coefficient (Wildman–Crippen LogP) is 6.48. The lowest BCUT2D eigenvalue weighted by atomic mass is 9.96. The number of nitrogens with zero attached hydrogens (tertiary/aromatic N) is 3. The van der Waals surface area contributed by atoms with Crippen molar-refractivity contribution in [2.24, 2.45) is 5.10 Å². The highest BCUT2D eigenvalue weighted by Gasteiger charge is 2.43. The molecule has 1 saturated heterocycles. The molecule has 3 unspecified atom stereocenters. The molecule has 8 heteroatoms. The van der Waals surface area contributed by atoms with Crippen LogP contribution in [0.5, 0.6) is 0 Å². The van der Waals surface area contributed by atoms with Crippen LogP contribution in [-0.4, -0.2) is 32.8 Å². The lowest BCUT2D eigenvalue weighted by Gasteiger charge is -2.27. The summed E-state index contributed by atoms with van der Waals surface area (Å²) in [5.41, 5.74) is 5.72. The minimum atomic E-state index is -0.550. The first-order chi connectivity index (χ1) is 18.3. The van der Waals surface area contributed by atoms with Gasteiger partial charge in [-0.05, 0) is 32.0 Å². The Balaban J connectivity index is 1.45. The van der Waals surface area contributed by atoms with Gasteiger partial charge in [0.05, 0.1) is 22.7 Å². The number of nitrogens with one attached hydrogen (secondary N) is 1. The Hall–Kier alpha value is -3.91. The number of carbonyl (C=O) groups is 2. The summed E-state index contributed by atoms with van der Waals surface area (Å²) >= 11 is 1.62. The van der Waals surface area contributed by atoms with Crippen LogP contribution in [0.1, 0.15) is 54.1 Å². The Morgan fingerprint density at radius 2 is 1.76 bits per heavy atom. The van der Waals surface area contributed by atoms with Crippen molar-refractivity contribution in [1.29, 1.82) is 0 Å². The van der Waals surface area contributed by atoms with Crippen molar-refractivity contribution in [2.45, 2.75) is 43.9 Å². The molecule has 38 heavy (non-hydrogen) atoms. The van der Waals surface area contributed by atoms with Crippen LogP contribution in [0, 0.1) is 12.7 Å². The maximum Gasteiger partial charge on any atom is 0.241 e. The van der Waals surface area contributed by atoms with Gasteiger partial charge in [-0.1, -0.05) is 54.6 Å². The maximum atomic E-state index is 14.8. The van der Waals surface area contributed by atoms with Gasteiger partial charge in [-0.3, -0.25) is 14.5 Å². The van der Waals surface area contributed by atoms with E-state index >= 15 is 0 Å². The Kier molecular flexibility index (Phi) is 6.07. The van der Waals surface area contributed by atoms with Crippen molar-refractivity contribution in [3.63, 3.8) is 0 Å². The summed E-state index contributed by atoms with van der Waals surface area (Å²) in [6.45, 7) is 5.41. The molecule has 0 bridgehead atoms. The van der Waals surface area contributed by atoms with Crippen LogP contribution >= 0.6 is 11.8 Å². The largest absolute Gasteiger partial charge is 0.358 e. The number of aromatic nitrogens is 1. The minimum absolute atomic E-state index is 0.0183. The van der Waals surface area contributed by atoms with Crippen molar-refractivity contribution >= 4 is 45.9 Å². The number of amides is 2. The first-order valence-electron chi connectivity index (χ1n) is 12.6. The number of halogens is 1. The summed E-state index contributed by atoms with van der Waals surface area (Å²) in [7, 11) is 0. The molecule has 192 valence electrons. The van der Waals surface area contributed by atoms with E-state index in [2.05, 4.69) is 16.2 Å². The third-order valence-electron chi connectivity index (χ3n) is 7.31. The summed E-state index contributed by atoms with van der Waals surface area (Å²) in [6, 6.07) is 21.7. The number of hydrazone groups is 1. The monoisotopic (exact) mass is 526 g/mol. The predicted molar refractivity (Wildman–Crippen MR) is 150 cm³/mol. The fourth-order valence-electron chi connectivity index (χ4n) is 5.56. The molecule has 6 nitrogen and oxygen atoms in total. The zero-order valence-corrected chi connectivity index (χ0v) is 22.1. The number of anilines is 1. The Morgan fingerprint density at radius 1 is 1.05 bits per heavy atom. The van der Waals surface area contributed by atoms with Gasteiger partial charge in [-0.2, -0.15) is 5.10 Å². The number of hydrogen-bond donors (Lipinski definition) is 1. The zero-order chi connectivity index (χ0) is 26.6. The molecule has 1 aromatic heterocycles. The second-order valence-corrected chi connectivity index (χ2v) is 11.1. The highest BCUT2D eigenvalue weighted by molar-refractivity contribution is 8.01. The molecule has 0 aliphatic carbocycles. The van der Waals surface area contributed by atoms with Gasteiger partial charge >= 0.3 is 0 Å². The number of fused-ring (bicyclic) bond motifs is 1. The Bertz CT molecular complexity index is 1610. The number of aryl methyl sites for hydroxylation is 1. The number of H-pyrrole nitrogens is 1. The average Bonchev–Trinajstić information content (AvgIpc) is 3.57. The lowest BCUT2D eigenvalue weighted by molar-refractivity contribution is -0.130. The molecule has 2 amide bonds. The third-order valence-corrected chi connectivity index (χ3v) is 8.63. The van der Waals surface area contributed by atoms with Gasteiger partial charge in [-0.25, -0.2) is 9.40 Å². The second kappa shape index (κ2) is 9.44. The molecular weight excluding hydrogens is 499 g/mol. The summed E-state index contributed by atoms with van der Waals surface area (Å²) in [4.78, 5) is 31.6. The van der Waals surface area contributed by atoms with Gasteiger partial charge in [-0.15, -0.1) is 11.8 Å². The molecule has 4 aromatic rings. The first-order valence-corrected chi connectivity index (χ1v) is 13.6. The molecule has 0 radical (unpaired) electrons. The molecule has 2 aliphatic heterocycles. The van der Waals surface area contributed by atoms with E-state index in [0.717, 1.165) is 33.4 Å². The van der Waals surface area contributed by atoms with Crippen molar-refractivity contribution in [3.05, 3.63) is 101 Å². The minimum Gasteiger partial charge on any atom is -0.358 e. The zero-order valence-electron chi connectivity index (χ0n) is 21.3. The molecule has 6 rings (SSSR count). The summed E-state index contributed by atoms with van der Waals surface area (Å²) in [5, 5.41) is 6.65. The van der Waals surface area contributed by atoms with E-state index in [1.807, 2.05) is 61.2 Å². The van der Waals surface area contributed by atoms with Crippen LogP contribution in [0.2, 0.25) is 0 Å². The van der Waals surface area contributed by atoms with Crippen molar-refractivity contribution in [3.8, 4) is 0 Å². The third kappa shape index (κ3) is 3.91. The summed E-state index contributed by atoms with van der Waals surface area (Å²) in [5.74, 6) is -0.618. The van der Waals surface area contributed by atoms with Crippen LogP contribution in [0.4, 0.5) is 10.1 Å². The normalized spacial score (nSPS) is 21.4. The highest BCUT2D eigenvalue weighted by Crippen LogP contribution is 2.49. The fraction of sp³-hybridized carbons (Fsp3) is 0.233. The van der Waals surface area contributed by atoms with Gasteiger partial charge < -0.3 is 4.98 Å². The molecular formula is C30H27FN4O2S. The van der Waals surface area contributed by atoms with Crippen molar-refractivity contribution < 1.29 is 14.0 Å². The smallest absolute Gasteiger partial charge is 0.241 e. The van der Waals surface area contributed by atoms with E-state index in [1.54, 1.807) is 30.0 Å². The highest BCUT2D eigenvalue weighted by atomic mass is 32.2. The number of hydrogen-bond acceptors (Lipinski definition) is 4. The van der Waals surface area contributed by atoms with Crippen LogP contribution in [0.25, 0.3) is 10.9 Å². The molecule has 0 spiro atoms. The van der Waals surface area contributed by atoms with Crippen molar-refractivity contribution in [1.82, 2.24) is 9.99 Å². The number of carbonyl (C=O) groups excluding carboxylic acids is 2. The van der Waals surface area contributed by atoms with Crippen molar-refractivity contribution in [2.75, 3.05) is 4.90 Å². The van der Waals surface area contributed by atoms with Gasteiger partial charge in [0, 0.05) is 46.6 Å². The number of thioether (sulfide) groups is 1. The SMILES string of the molecule is CC(=O)N1N=C(c2ccccc2N2C(=O)C(C)SC2c2c(C)[nH]c3ccccc23)CC1c1ccccc1F. The van der Waals surface area contributed by atoms with Gasteiger partial charge in [0.25, 0.3) is 0 Å². The van der Waals surface area contributed by atoms with E-state index in [1.165, 1.54) is 18.0 Å².